The molecule has 1 heterocycles. The van der Waals surface area contributed by atoms with Crippen molar-refractivity contribution in [1.82, 2.24) is 0 Å². The molecule has 0 aliphatic carbocycles. The van der Waals surface area contributed by atoms with Crippen LogP contribution in [0.4, 0.5) is 5.69 Å². The summed E-state index contributed by atoms with van der Waals surface area (Å²) in [6, 6.07) is 7.25. The van der Waals surface area contributed by atoms with Crippen LogP contribution in [0.3, 0.4) is 0 Å². The molecule has 0 spiro atoms. The molecule has 0 saturated carbocycles. The van der Waals surface area contributed by atoms with Crippen LogP contribution < -0.4 is 4.90 Å². The van der Waals surface area contributed by atoms with E-state index < -0.39 is 0 Å². The normalized spacial score (nSPS) is 19.7. The molecule has 1 amide bonds. The Labute approximate surface area is 122 Å². The second kappa shape index (κ2) is 6.04. The SMILES string of the molecule is CCCCC1SC(=S)N(c2cccc(Cl)c2)C1=O. The number of anilines is 1. The van der Waals surface area contributed by atoms with Crippen molar-refractivity contribution in [3.63, 3.8) is 0 Å². The van der Waals surface area contributed by atoms with Gasteiger partial charge in [-0.1, -0.05) is 61.4 Å². The zero-order valence-electron chi connectivity index (χ0n) is 10.1. The molecular weight excluding hydrogens is 286 g/mol. The molecule has 18 heavy (non-hydrogen) atoms. The van der Waals surface area contributed by atoms with Crippen molar-refractivity contribution >= 4 is 51.5 Å². The van der Waals surface area contributed by atoms with Crippen molar-refractivity contribution in [3.05, 3.63) is 29.3 Å². The molecule has 1 aliphatic heterocycles. The summed E-state index contributed by atoms with van der Waals surface area (Å²) >= 11 is 12.7. The van der Waals surface area contributed by atoms with Gasteiger partial charge in [-0.25, -0.2) is 0 Å². The van der Waals surface area contributed by atoms with Gasteiger partial charge >= 0.3 is 0 Å². The first-order chi connectivity index (χ1) is 8.63. The third-order valence-corrected chi connectivity index (χ3v) is 4.62. The van der Waals surface area contributed by atoms with E-state index in [4.69, 9.17) is 23.8 Å². The van der Waals surface area contributed by atoms with Gasteiger partial charge in [0.15, 0.2) is 0 Å². The molecule has 0 radical (unpaired) electrons. The number of hydrogen-bond donors (Lipinski definition) is 0. The summed E-state index contributed by atoms with van der Waals surface area (Å²) < 4.78 is 0.628. The van der Waals surface area contributed by atoms with Crippen molar-refractivity contribution in [2.24, 2.45) is 0 Å². The molecule has 1 aromatic carbocycles. The summed E-state index contributed by atoms with van der Waals surface area (Å²) in [6.45, 7) is 2.12. The fraction of sp³-hybridized carbons (Fsp3) is 0.385. The van der Waals surface area contributed by atoms with Crippen molar-refractivity contribution < 1.29 is 4.79 Å². The minimum atomic E-state index is -0.0311. The topological polar surface area (TPSA) is 20.3 Å². The Bertz CT molecular complexity index is 478. The van der Waals surface area contributed by atoms with E-state index in [0.29, 0.717) is 9.34 Å². The summed E-state index contributed by atoms with van der Waals surface area (Å²) in [4.78, 5) is 13.9. The van der Waals surface area contributed by atoms with E-state index in [2.05, 4.69) is 6.92 Å². The number of thioether (sulfide) groups is 1. The van der Waals surface area contributed by atoms with Crippen LogP contribution in [0.25, 0.3) is 0 Å². The van der Waals surface area contributed by atoms with Crippen LogP contribution in [0.15, 0.2) is 24.3 Å². The summed E-state index contributed by atoms with van der Waals surface area (Å²) in [5, 5.41) is 0.585. The van der Waals surface area contributed by atoms with Crippen LogP contribution in [0.5, 0.6) is 0 Å². The number of rotatable bonds is 4. The highest BCUT2D eigenvalue weighted by molar-refractivity contribution is 8.25. The van der Waals surface area contributed by atoms with E-state index in [0.717, 1.165) is 24.9 Å². The summed E-state index contributed by atoms with van der Waals surface area (Å²) in [5.41, 5.74) is 0.768. The molecule has 1 saturated heterocycles. The Hall–Kier alpha value is -0.580. The lowest BCUT2D eigenvalue weighted by molar-refractivity contribution is -0.117. The van der Waals surface area contributed by atoms with Crippen LogP contribution in [0.2, 0.25) is 5.02 Å². The van der Waals surface area contributed by atoms with Gasteiger partial charge in [0.05, 0.1) is 10.9 Å². The van der Waals surface area contributed by atoms with Crippen LogP contribution in [-0.2, 0) is 4.79 Å². The van der Waals surface area contributed by atoms with E-state index >= 15 is 0 Å². The van der Waals surface area contributed by atoms with Gasteiger partial charge in [-0.05, 0) is 24.6 Å². The monoisotopic (exact) mass is 299 g/mol. The van der Waals surface area contributed by atoms with E-state index in [1.807, 2.05) is 12.1 Å². The van der Waals surface area contributed by atoms with Gasteiger partial charge in [-0.3, -0.25) is 9.69 Å². The van der Waals surface area contributed by atoms with Crippen molar-refractivity contribution in [1.29, 1.82) is 0 Å². The first-order valence-corrected chi connectivity index (χ1v) is 7.60. The van der Waals surface area contributed by atoms with E-state index in [9.17, 15) is 4.79 Å². The predicted octanol–water partition coefficient (Wildman–Crippen LogP) is 4.26. The third-order valence-electron chi connectivity index (χ3n) is 2.81. The number of thiocarbonyl (C=S) groups is 1. The molecule has 1 aromatic rings. The second-order valence-corrected chi connectivity index (χ2v) is 6.44. The van der Waals surface area contributed by atoms with Crippen molar-refractivity contribution in [2.75, 3.05) is 4.90 Å². The number of nitrogens with zero attached hydrogens (tertiary/aromatic N) is 1. The van der Waals surface area contributed by atoms with Gasteiger partial charge in [0, 0.05) is 5.02 Å². The number of benzene rings is 1. The first-order valence-electron chi connectivity index (χ1n) is 5.93. The lowest BCUT2D eigenvalue weighted by Crippen LogP contribution is -2.31. The van der Waals surface area contributed by atoms with Crippen molar-refractivity contribution in [2.45, 2.75) is 31.4 Å². The minimum Gasteiger partial charge on any atom is -0.273 e. The zero-order chi connectivity index (χ0) is 13.1. The molecule has 2 rings (SSSR count). The maximum Gasteiger partial charge on any atom is 0.246 e. The summed E-state index contributed by atoms with van der Waals surface area (Å²) in [7, 11) is 0. The standard InChI is InChI=1S/C13H14ClNOS2/c1-2-3-7-11-12(16)15(13(17)18-11)10-6-4-5-9(14)8-10/h4-6,8,11H,2-3,7H2,1H3. The third kappa shape index (κ3) is 2.87. The van der Waals surface area contributed by atoms with Crippen LogP contribution >= 0.6 is 35.6 Å². The van der Waals surface area contributed by atoms with Gasteiger partial charge in [-0.2, -0.15) is 0 Å². The van der Waals surface area contributed by atoms with E-state index in [1.165, 1.54) is 11.8 Å². The maximum absolute atomic E-state index is 12.3. The van der Waals surface area contributed by atoms with Gasteiger partial charge in [-0.15, -0.1) is 0 Å². The summed E-state index contributed by atoms with van der Waals surface area (Å²) in [5.74, 6) is 0.0840. The fourth-order valence-electron chi connectivity index (χ4n) is 1.88. The van der Waals surface area contributed by atoms with Crippen LogP contribution in [0, 0.1) is 0 Å². The molecule has 0 aromatic heterocycles. The highest BCUT2D eigenvalue weighted by Gasteiger charge is 2.37. The average molecular weight is 300 g/mol. The lowest BCUT2D eigenvalue weighted by atomic mass is 10.2. The molecule has 1 unspecified atom stereocenters. The highest BCUT2D eigenvalue weighted by Crippen LogP contribution is 2.35. The summed E-state index contributed by atoms with van der Waals surface area (Å²) in [6.07, 6.45) is 3.03. The van der Waals surface area contributed by atoms with E-state index in [-0.39, 0.29) is 11.2 Å². The van der Waals surface area contributed by atoms with Gasteiger partial charge in [0.1, 0.15) is 4.32 Å². The Morgan fingerprint density at radius 1 is 1.50 bits per heavy atom. The molecule has 1 fully saturated rings. The molecule has 1 aliphatic rings. The second-order valence-electron chi connectivity index (χ2n) is 4.17. The van der Waals surface area contributed by atoms with E-state index in [1.54, 1.807) is 17.0 Å². The number of hydrogen-bond acceptors (Lipinski definition) is 3. The quantitative estimate of drug-likeness (QED) is 0.775. The molecule has 1 atom stereocenters. The smallest absolute Gasteiger partial charge is 0.246 e. The number of carbonyl (C=O) groups is 1. The zero-order valence-corrected chi connectivity index (χ0v) is 12.4. The Morgan fingerprint density at radius 3 is 2.94 bits per heavy atom. The first kappa shape index (κ1) is 13.8. The number of amides is 1. The van der Waals surface area contributed by atoms with Crippen LogP contribution in [0.1, 0.15) is 26.2 Å². The molecule has 2 nitrogen and oxygen atoms in total. The highest BCUT2D eigenvalue weighted by atomic mass is 35.5. The Kier molecular flexibility index (Phi) is 4.65. The number of unbranched alkanes of at least 4 members (excludes halogenated alkanes) is 1. The predicted molar refractivity (Wildman–Crippen MR) is 82.4 cm³/mol. The molecule has 5 heteroatoms. The average Bonchev–Trinajstić information content (AvgIpc) is 2.62. The van der Waals surface area contributed by atoms with Gasteiger partial charge in [0.2, 0.25) is 5.91 Å². The maximum atomic E-state index is 12.3. The van der Waals surface area contributed by atoms with Crippen molar-refractivity contribution in [3.8, 4) is 0 Å². The molecule has 96 valence electrons. The fourth-order valence-corrected chi connectivity index (χ4v) is 3.64. The number of halogens is 1. The van der Waals surface area contributed by atoms with Gasteiger partial charge < -0.3 is 0 Å². The molecular formula is C13H14ClNOS2. The molecule has 0 bridgehead atoms. The molecule has 0 N–H and O–H groups in total. The number of carbonyl (C=O) groups excluding carboxylic acids is 1. The minimum absolute atomic E-state index is 0.0311. The lowest BCUT2D eigenvalue weighted by Gasteiger charge is -2.15. The Balaban J connectivity index is 2.19. The largest absolute Gasteiger partial charge is 0.273 e. The van der Waals surface area contributed by atoms with Gasteiger partial charge in [0.25, 0.3) is 0 Å². The van der Waals surface area contributed by atoms with Crippen LogP contribution in [-0.4, -0.2) is 15.5 Å². The Morgan fingerprint density at radius 2 is 2.28 bits per heavy atom.